The molecule has 2 aromatic carbocycles. The minimum atomic E-state index is -4.78. The predicted molar refractivity (Wildman–Crippen MR) is 134 cm³/mol. The van der Waals surface area contributed by atoms with Crippen molar-refractivity contribution in [1.29, 1.82) is 0 Å². The van der Waals surface area contributed by atoms with Crippen molar-refractivity contribution in [2.24, 2.45) is 0 Å². The molecule has 3 heterocycles. The van der Waals surface area contributed by atoms with Crippen LogP contribution in [0.1, 0.15) is 43.5 Å². The Balaban J connectivity index is 1.36. The van der Waals surface area contributed by atoms with Crippen LogP contribution in [-0.4, -0.2) is 35.9 Å². The van der Waals surface area contributed by atoms with E-state index in [0.29, 0.717) is 24.2 Å². The topological polar surface area (TPSA) is 132 Å². The molecular weight excluding hydrogens is 538 g/mol. The van der Waals surface area contributed by atoms with Crippen molar-refractivity contribution in [2.45, 2.75) is 51.6 Å². The van der Waals surface area contributed by atoms with Crippen molar-refractivity contribution in [2.75, 3.05) is 0 Å². The van der Waals surface area contributed by atoms with E-state index in [1.54, 1.807) is 24.3 Å². The SMILES string of the molecule is CC(C)(OP(=O)(O)O)c1ncc(-c2cc3c(cc2F)nc2n3CC[C@H]2NCc2cccc(OC(F)F)c2)cn1. The molecule has 206 valence electrons. The third-order valence-corrected chi connectivity index (χ3v) is 7.04. The van der Waals surface area contributed by atoms with Gasteiger partial charge in [-0.15, -0.1) is 0 Å². The molecule has 0 radical (unpaired) electrons. The smallest absolute Gasteiger partial charge is 0.435 e. The van der Waals surface area contributed by atoms with Crippen LogP contribution in [0.3, 0.4) is 0 Å². The number of nitrogens with one attached hydrogen (secondary N) is 1. The Morgan fingerprint density at radius 1 is 1.21 bits per heavy atom. The van der Waals surface area contributed by atoms with Crippen molar-refractivity contribution in [3.05, 3.63) is 71.8 Å². The Labute approximate surface area is 221 Å². The highest BCUT2D eigenvalue weighted by Gasteiger charge is 2.33. The highest BCUT2D eigenvalue weighted by Crippen LogP contribution is 2.44. The Morgan fingerprint density at radius 3 is 2.64 bits per heavy atom. The molecule has 5 rings (SSSR count). The Morgan fingerprint density at radius 2 is 1.95 bits per heavy atom. The number of nitrogens with zero attached hydrogens (tertiary/aromatic N) is 4. The van der Waals surface area contributed by atoms with Gasteiger partial charge in [0.2, 0.25) is 0 Å². The molecule has 39 heavy (non-hydrogen) atoms. The van der Waals surface area contributed by atoms with Gasteiger partial charge in [0.1, 0.15) is 23.0 Å². The second-order valence-corrected chi connectivity index (χ2v) is 10.7. The Hall–Kier alpha value is -3.35. The molecule has 0 saturated heterocycles. The molecule has 10 nitrogen and oxygen atoms in total. The van der Waals surface area contributed by atoms with Crippen LogP contribution in [0.5, 0.6) is 5.75 Å². The van der Waals surface area contributed by atoms with Crippen LogP contribution in [0.2, 0.25) is 0 Å². The summed E-state index contributed by atoms with van der Waals surface area (Å²) in [7, 11) is -4.78. The van der Waals surface area contributed by atoms with Crippen LogP contribution in [0.25, 0.3) is 22.2 Å². The quantitative estimate of drug-likeness (QED) is 0.246. The number of benzene rings is 2. The first-order valence-electron chi connectivity index (χ1n) is 12.0. The molecule has 1 atom stereocenters. The van der Waals surface area contributed by atoms with E-state index in [2.05, 4.69) is 25.0 Å². The number of phosphoric ester groups is 1. The van der Waals surface area contributed by atoms with E-state index in [4.69, 9.17) is 14.3 Å². The second kappa shape index (κ2) is 10.3. The minimum absolute atomic E-state index is 0.0292. The number of alkyl halides is 2. The number of imidazole rings is 1. The van der Waals surface area contributed by atoms with Gasteiger partial charge in [0.15, 0.2) is 5.82 Å². The molecule has 0 amide bonds. The maximum atomic E-state index is 15.1. The summed E-state index contributed by atoms with van der Waals surface area (Å²) in [4.78, 5) is 31.2. The maximum absolute atomic E-state index is 15.1. The third kappa shape index (κ3) is 5.97. The average Bonchev–Trinajstić information content (AvgIpc) is 3.39. The Kier molecular flexibility index (Phi) is 7.21. The normalized spacial score (nSPS) is 15.7. The van der Waals surface area contributed by atoms with Crippen molar-refractivity contribution in [3.8, 4) is 16.9 Å². The third-order valence-electron chi connectivity index (χ3n) is 6.34. The highest BCUT2D eigenvalue weighted by atomic mass is 31.2. The van der Waals surface area contributed by atoms with Crippen molar-refractivity contribution in [3.63, 3.8) is 0 Å². The standard InChI is InChI=1S/C25H25F3N5O5P/c1-25(2,38-39(34,35)36)23-30-12-15(13-31-23)17-9-21-20(10-18(17)26)32-22-19(6-7-33(21)22)29-11-14-4-3-5-16(8-14)37-24(27)28/h3-5,8-10,12-13,19,24,29H,6-7,11H2,1-2H3,(H2,34,35,36)/t19-/m1/s1. The summed E-state index contributed by atoms with van der Waals surface area (Å²) < 4.78 is 62.6. The molecule has 0 aliphatic carbocycles. The highest BCUT2D eigenvalue weighted by molar-refractivity contribution is 7.46. The van der Waals surface area contributed by atoms with Gasteiger partial charge < -0.3 is 24.4 Å². The summed E-state index contributed by atoms with van der Waals surface area (Å²) >= 11 is 0. The summed E-state index contributed by atoms with van der Waals surface area (Å²) in [6.45, 7) is 0.988. The molecule has 3 N–H and O–H groups in total. The van der Waals surface area contributed by atoms with Crippen molar-refractivity contribution in [1.82, 2.24) is 24.8 Å². The number of aryl methyl sites for hydroxylation is 1. The Bertz CT molecular complexity index is 1560. The van der Waals surface area contributed by atoms with Crippen LogP contribution < -0.4 is 10.1 Å². The van der Waals surface area contributed by atoms with Crippen LogP contribution in [0, 0.1) is 5.82 Å². The van der Waals surface area contributed by atoms with Crippen LogP contribution >= 0.6 is 7.82 Å². The summed E-state index contributed by atoms with van der Waals surface area (Å²) in [5.74, 6) is 0.327. The number of ether oxygens (including phenoxy) is 1. The van der Waals surface area contributed by atoms with Gasteiger partial charge >= 0.3 is 14.4 Å². The first-order chi connectivity index (χ1) is 18.4. The van der Waals surface area contributed by atoms with Gasteiger partial charge in [-0.05, 0) is 44.0 Å². The fourth-order valence-corrected chi connectivity index (χ4v) is 5.33. The van der Waals surface area contributed by atoms with Gasteiger partial charge in [0, 0.05) is 42.7 Å². The summed E-state index contributed by atoms with van der Waals surface area (Å²) in [6, 6.07) is 9.35. The van der Waals surface area contributed by atoms with E-state index in [9.17, 15) is 13.3 Å². The molecule has 0 spiro atoms. The molecule has 2 aromatic heterocycles. The lowest BCUT2D eigenvalue weighted by Gasteiger charge is -2.23. The molecule has 0 saturated carbocycles. The number of rotatable bonds is 9. The van der Waals surface area contributed by atoms with Crippen molar-refractivity contribution < 1.29 is 36.8 Å². The maximum Gasteiger partial charge on any atom is 0.470 e. The monoisotopic (exact) mass is 563 g/mol. The van der Waals surface area contributed by atoms with Crippen LogP contribution in [0.4, 0.5) is 13.2 Å². The fraction of sp³-hybridized carbons (Fsp3) is 0.320. The lowest BCUT2D eigenvalue weighted by atomic mass is 10.1. The number of fused-ring (bicyclic) bond motifs is 3. The predicted octanol–water partition coefficient (Wildman–Crippen LogP) is 4.81. The first kappa shape index (κ1) is 27.2. The number of aromatic nitrogens is 4. The summed E-state index contributed by atoms with van der Waals surface area (Å²) in [5.41, 5.74) is 1.14. The van der Waals surface area contributed by atoms with E-state index in [0.717, 1.165) is 23.3 Å². The average molecular weight is 563 g/mol. The van der Waals surface area contributed by atoms with E-state index >= 15 is 4.39 Å². The molecule has 0 fully saturated rings. The number of hydrogen-bond acceptors (Lipinski definition) is 7. The van der Waals surface area contributed by atoms with Gasteiger partial charge in [0.25, 0.3) is 0 Å². The zero-order valence-corrected chi connectivity index (χ0v) is 21.8. The lowest BCUT2D eigenvalue weighted by molar-refractivity contribution is -0.0498. The van der Waals surface area contributed by atoms with Crippen LogP contribution in [-0.2, 0) is 27.8 Å². The van der Waals surface area contributed by atoms with Gasteiger partial charge in [-0.25, -0.2) is 23.9 Å². The molecular formula is C25H25F3N5O5P. The molecule has 1 aliphatic heterocycles. The number of halogens is 3. The first-order valence-corrected chi connectivity index (χ1v) is 13.5. The van der Waals surface area contributed by atoms with Gasteiger partial charge in [-0.1, -0.05) is 12.1 Å². The number of hydrogen-bond donors (Lipinski definition) is 3. The summed E-state index contributed by atoms with van der Waals surface area (Å²) in [5, 5.41) is 3.39. The van der Waals surface area contributed by atoms with E-state index < -0.39 is 25.9 Å². The van der Waals surface area contributed by atoms with Gasteiger partial charge in [0.05, 0.1) is 17.1 Å². The second-order valence-electron chi connectivity index (χ2n) is 9.58. The molecule has 0 bridgehead atoms. The van der Waals surface area contributed by atoms with Crippen LogP contribution in [0.15, 0.2) is 48.8 Å². The molecule has 4 aromatic rings. The minimum Gasteiger partial charge on any atom is -0.435 e. The fourth-order valence-electron chi connectivity index (χ4n) is 4.66. The van der Waals surface area contributed by atoms with E-state index in [1.807, 2.05) is 4.57 Å². The number of phosphoric acid groups is 1. The van der Waals surface area contributed by atoms with Gasteiger partial charge in [-0.2, -0.15) is 8.78 Å². The van der Waals surface area contributed by atoms with E-state index in [1.165, 1.54) is 38.4 Å². The summed E-state index contributed by atoms with van der Waals surface area (Å²) in [6.07, 6.45) is 3.48. The van der Waals surface area contributed by atoms with E-state index in [-0.39, 0.29) is 23.2 Å². The van der Waals surface area contributed by atoms with Crippen molar-refractivity contribution >= 4 is 18.9 Å². The lowest BCUT2D eigenvalue weighted by Crippen LogP contribution is -2.23. The van der Waals surface area contributed by atoms with Gasteiger partial charge in [-0.3, -0.25) is 4.52 Å². The zero-order valence-electron chi connectivity index (χ0n) is 20.9. The molecule has 14 heteroatoms. The molecule has 1 aliphatic rings. The largest absolute Gasteiger partial charge is 0.470 e. The molecule has 0 unspecified atom stereocenters. The zero-order chi connectivity index (χ0) is 27.9.